The van der Waals surface area contributed by atoms with Gasteiger partial charge in [-0.05, 0) is 30.7 Å². The maximum atomic E-state index is 13.8. The van der Waals surface area contributed by atoms with Crippen LogP contribution in [0.4, 0.5) is 14.6 Å². The number of carbonyl (C=O) groups excluding carboxylic acids is 1. The third-order valence-electron chi connectivity index (χ3n) is 3.30. The van der Waals surface area contributed by atoms with Crippen molar-refractivity contribution < 1.29 is 13.6 Å². The lowest BCUT2D eigenvalue weighted by Crippen LogP contribution is -2.23. The van der Waals surface area contributed by atoms with Crippen molar-refractivity contribution in [1.82, 2.24) is 9.97 Å². The maximum Gasteiger partial charge on any atom is 0.262 e. The molecule has 7 heteroatoms. The molecule has 0 bridgehead atoms. The van der Waals surface area contributed by atoms with Gasteiger partial charge in [-0.3, -0.25) is 9.59 Å². The van der Waals surface area contributed by atoms with Crippen molar-refractivity contribution >= 4 is 22.6 Å². The van der Waals surface area contributed by atoms with E-state index in [-0.39, 0.29) is 22.3 Å². The molecule has 0 saturated carbocycles. The second kappa shape index (κ2) is 5.60. The third kappa shape index (κ3) is 2.80. The van der Waals surface area contributed by atoms with Crippen molar-refractivity contribution in [1.29, 1.82) is 0 Å². The van der Waals surface area contributed by atoms with Crippen LogP contribution < -0.4 is 10.7 Å². The Balaban J connectivity index is 2.05. The molecular formula is C16H11F2N3O2. The molecule has 0 saturated heterocycles. The lowest BCUT2D eigenvalue weighted by Gasteiger charge is -2.06. The number of aromatic nitrogens is 2. The van der Waals surface area contributed by atoms with Gasteiger partial charge in [0.2, 0.25) is 5.43 Å². The predicted molar refractivity (Wildman–Crippen MR) is 81.4 cm³/mol. The van der Waals surface area contributed by atoms with Gasteiger partial charge in [-0.1, -0.05) is 0 Å². The van der Waals surface area contributed by atoms with E-state index in [0.29, 0.717) is 6.07 Å². The largest absolute Gasteiger partial charge is 0.360 e. The van der Waals surface area contributed by atoms with E-state index in [1.165, 1.54) is 6.20 Å². The van der Waals surface area contributed by atoms with Gasteiger partial charge in [0.25, 0.3) is 5.91 Å². The smallest absolute Gasteiger partial charge is 0.262 e. The quantitative estimate of drug-likeness (QED) is 0.763. The number of H-pyrrole nitrogens is 1. The number of rotatable bonds is 2. The fourth-order valence-electron chi connectivity index (χ4n) is 2.23. The molecule has 0 atom stereocenters. The van der Waals surface area contributed by atoms with Crippen molar-refractivity contribution in [3.05, 3.63) is 69.6 Å². The molecule has 0 spiro atoms. The van der Waals surface area contributed by atoms with Crippen LogP contribution in [0, 0.1) is 18.6 Å². The van der Waals surface area contributed by atoms with Gasteiger partial charge in [-0.25, -0.2) is 13.8 Å². The Morgan fingerprint density at radius 1 is 1.26 bits per heavy atom. The first-order valence-corrected chi connectivity index (χ1v) is 6.70. The van der Waals surface area contributed by atoms with E-state index < -0.39 is 23.0 Å². The monoisotopic (exact) mass is 315 g/mol. The summed E-state index contributed by atoms with van der Waals surface area (Å²) in [5.74, 6) is -2.29. The van der Waals surface area contributed by atoms with Gasteiger partial charge in [-0.2, -0.15) is 0 Å². The maximum absolute atomic E-state index is 13.8. The number of nitrogens with zero attached hydrogens (tertiary/aromatic N) is 1. The minimum absolute atomic E-state index is 0.0160. The fraction of sp³-hybridized carbons (Fsp3) is 0.0625. The Hall–Kier alpha value is -3.09. The zero-order chi connectivity index (χ0) is 16.6. The number of anilines is 1. The number of carbonyl (C=O) groups is 1. The number of aromatic amines is 1. The van der Waals surface area contributed by atoms with Crippen molar-refractivity contribution in [2.24, 2.45) is 0 Å². The number of aryl methyl sites for hydroxylation is 1. The van der Waals surface area contributed by atoms with Crippen LogP contribution in [0.25, 0.3) is 10.9 Å². The standard InChI is InChI=1S/C16H11F2N3O2/c1-8-2-3-19-13(4-8)21-16(23)10-7-20-12-6-9(17)5-11(18)14(12)15(10)22/h2-7H,1H3,(H,20,22)(H,19,21,23). The number of fused-ring (bicyclic) bond motifs is 1. The minimum Gasteiger partial charge on any atom is -0.360 e. The summed E-state index contributed by atoms with van der Waals surface area (Å²) in [5.41, 5.74) is -0.241. The number of halogens is 2. The molecule has 116 valence electrons. The van der Waals surface area contributed by atoms with E-state index in [1.807, 2.05) is 6.92 Å². The first-order chi connectivity index (χ1) is 11.0. The Bertz CT molecular complexity index is 983. The van der Waals surface area contributed by atoms with Crippen molar-refractivity contribution in [2.45, 2.75) is 6.92 Å². The molecular weight excluding hydrogens is 304 g/mol. The van der Waals surface area contributed by atoms with Gasteiger partial charge < -0.3 is 10.3 Å². The summed E-state index contributed by atoms with van der Waals surface area (Å²) in [4.78, 5) is 31.0. The molecule has 2 N–H and O–H groups in total. The summed E-state index contributed by atoms with van der Waals surface area (Å²) in [7, 11) is 0. The Labute approximate surface area is 129 Å². The van der Waals surface area contributed by atoms with Crippen LogP contribution in [-0.4, -0.2) is 15.9 Å². The van der Waals surface area contributed by atoms with Crippen LogP contribution in [0.3, 0.4) is 0 Å². The van der Waals surface area contributed by atoms with Gasteiger partial charge in [0.05, 0.1) is 10.9 Å². The van der Waals surface area contributed by atoms with Crippen LogP contribution in [0.5, 0.6) is 0 Å². The molecule has 2 aromatic heterocycles. The normalized spacial score (nSPS) is 10.7. The van der Waals surface area contributed by atoms with Crippen LogP contribution in [-0.2, 0) is 0 Å². The highest BCUT2D eigenvalue weighted by Crippen LogP contribution is 2.15. The number of benzene rings is 1. The van der Waals surface area contributed by atoms with E-state index >= 15 is 0 Å². The summed E-state index contributed by atoms with van der Waals surface area (Å²) in [6, 6.07) is 4.97. The minimum atomic E-state index is -1.02. The lowest BCUT2D eigenvalue weighted by atomic mass is 10.1. The SMILES string of the molecule is Cc1ccnc(NC(=O)c2c[nH]c3cc(F)cc(F)c3c2=O)c1. The fourth-order valence-corrected chi connectivity index (χ4v) is 2.23. The zero-order valence-electron chi connectivity index (χ0n) is 12.0. The summed E-state index contributed by atoms with van der Waals surface area (Å²) in [6.07, 6.45) is 2.63. The van der Waals surface area contributed by atoms with Gasteiger partial charge in [0.1, 0.15) is 23.0 Å². The molecule has 23 heavy (non-hydrogen) atoms. The molecule has 1 amide bonds. The molecule has 5 nitrogen and oxygen atoms in total. The Morgan fingerprint density at radius 3 is 2.78 bits per heavy atom. The molecule has 0 aliphatic heterocycles. The van der Waals surface area contributed by atoms with Gasteiger partial charge in [0.15, 0.2) is 0 Å². The number of nitrogens with one attached hydrogen (secondary N) is 2. The lowest BCUT2D eigenvalue weighted by molar-refractivity contribution is 0.102. The summed E-state index contributed by atoms with van der Waals surface area (Å²) >= 11 is 0. The summed E-state index contributed by atoms with van der Waals surface area (Å²) in [5, 5.41) is 2.10. The van der Waals surface area contributed by atoms with E-state index in [2.05, 4.69) is 15.3 Å². The van der Waals surface area contributed by atoms with Crippen LogP contribution in [0.2, 0.25) is 0 Å². The zero-order valence-corrected chi connectivity index (χ0v) is 12.0. The van der Waals surface area contributed by atoms with Crippen molar-refractivity contribution in [2.75, 3.05) is 5.32 Å². The number of amides is 1. The Kier molecular flexibility index (Phi) is 3.61. The van der Waals surface area contributed by atoms with Crippen LogP contribution in [0.1, 0.15) is 15.9 Å². The van der Waals surface area contributed by atoms with Gasteiger partial charge in [0, 0.05) is 18.5 Å². The second-order valence-electron chi connectivity index (χ2n) is 5.01. The highest BCUT2D eigenvalue weighted by Gasteiger charge is 2.17. The average molecular weight is 315 g/mol. The first-order valence-electron chi connectivity index (χ1n) is 6.70. The van der Waals surface area contributed by atoms with E-state index in [4.69, 9.17) is 0 Å². The third-order valence-corrected chi connectivity index (χ3v) is 3.30. The molecule has 0 fully saturated rings. The van der Waals surface area contributed by atoms with E-state index in [1.54, 1.807) is 12.1 Å². The molecule has 2 heterocycles. The van der Waals surface area contributed by atoms with Gasteiger partial charge >= 0.3 is 0 Å². The van der Waals surface area contributed by atoms with Crippen molar-refractivity contribution in [3.8, 4) is 0 Å². The first kappa shape index (κ1) is 14.8. The topological polar surface area (TPSA) is 74.8 Å². The molecule has 3 aromatic rings. The number of pyridine rings is 2. The molecule has 0 radical (unpaired) electrons. The second-order valence-corrected chi connectivity index (χ2v) is 5.01. The van der Waals surface area contributed by atoms with Crippen LogP contribution in [0.15, 0.2) is 41.5 Å². The van der Waals surface area contributed by atoms with Crippen molar-refractivity contribution in [3.63, 3.8) is 0 Å². The molecule has 0 aliphatic rings. The number of hydrogen-bond donors (Lipinski definition) is 2. The predicted octanol–water partition coefficient (Wildman–Crippen LogP) is 2.76. The number of hydrogen-bond acceptors (Lipinski definition) is 3. The molecule has 3 rings (SSSR count). The summed E-state index contributed by atoms with van der Waals surface area (Å²) in [6.45, 7) is 1.82. The average Bonchev–Trinajstić information content (AvgIpc) is 2.46. The highest BCUT2D eigenvalue weighted by atomic mass is 19.1. The van der Waals surface area contributed by atoms with E-state index in [9.17, 15) is 18.4 Å². The molecule has 0 unspecified atom stereocenters. The van der Waals surface area contributed by atoms with Gasteiger partial charge in [-0.15, -0.1) is 0 Å². The highest BCUT2D eigenvalue weighted by molar-refractivity contribution is 6.05. The summed E-state index contributed by atoms with van der Waals surface area (Å²) < 4.78 is 27.0. The van der Waals surface area contributed by atoms with Crippen LogP contribution >= 0.6 is 0 Å². The van der Waals surface area contributed by atoms with E-state index in [0.717, 1.165) is 17.8 Å². The molecule has 1 aromatic carbocycles. The molecule has 0 aliphatic carbocycles. The Morgan fingerprint density at radius 2 is 2.04 bits per heavy atom.